The summed E-state index contributed by atoms with van der Waals surface area (Å²) in [5.74, 6) is 0. The van der Waals surface area contributed by atoms with Crippen molar-refractivity contribution >= 4 is 40.6 Å². The van der Waals surface area contributed by atoms with E-state index in [1.54, 1.807) is 6.07 Å². The van der Waals surface area contributed by atoms with Crippen LogP contribution in [0.15, 0.2) is 42.5 Å². The Morgan fingerprint density at radius 2 is 1.62 bits per heavy atom. The number of benzene rings is 2. The molecule has 3 rings (SSSR count). The van der Waals surface area contributed by atoms with Crippen LogP contribution in [0.3, 0.4) is 0 Å². The maximum absolute atomic E-state index is 12.4. The number of aryl methyl sites for hydroxylation is 1. The Kier molecular flexibility index (Phi) is 5.17. The second kappa shape index (κ2) is 7.32. The molecule has 126 valence electrons. The fourth-order valence-corrected chi connectivity index (χ4v) is 3.31. The van der Waals surface area contributed by atoms with E-state index in [4.69, 9.17) is 23.2 Å². The number of carbonyl (C=O) groups excluding carboxylic acids is 1. The number of piperazine rings is 1. The predicted octanol–water partition coefficient (Wildman–Crippen LogP) is 4.66. The quantitative estimate of drug-likeness (QED) is 0.842. The number of anilines is 2. The van der Waals surface area contributed by atoms with Crippen LogP contribution in [0.4, 0.5) is 16.2 Å². The van der Waals surface area contributed by atoms with Crippen LogP contribution >= 0.6 is 23.2 Å². The highest BCUT2D eigenvalue weighted by Gasteiger charge is 2.22. The normalized spacial score (nSPS) is 14.6. The molecular formula is C18H19Cl2N3O. The van der Waals surface area contributed by atoms with Crippen molar-refractivity contribution in [3.05, 3.63) is 58.1 Å². The van der Waals surface area contributed by atoms with E-state index in [1.165, 1.54) is 0 Å². The molecule has 4 nitrogen and oxygen atoms in total. The second-order valence-corrected chi connectivity index (χ2v) is 6.72. The summed E-state index contributed by atoms with van der Waals surface area (Å²) in [6.45, 7) is 4.79. The third-order valence-electron chi connectivity index (χ3n) is 4.17. The van der Waals surface area contributed by atoms with Gasteiger partial charge in [0.05, 0.1) is 0 Å². The summed E-state index contributed by atoms with van der Waals surface area (Å²) in [6.07, 6.45) is 0. The lowest BCUT2D eigenvalue weighted by molar-refractivity contribution is 0.208. The van der Waals surface area contributed by atoms with Gasteiger partial charge in [-0.05, 0) is 36.8 Å². The summed E-state index contributed by atoms with van der Waals surface area (Å²) in [7, 11) is 0. The van der Waals surface area contributed by atoms with Gasteiger partial charge in [0.15, 0.2) is 0 Å². The molecule has 0 spiro atoms. The Balaban J connectivity index is 1.60. The fraction of sp³-hybridized carbons (Fsp3) is 0.278. The molecule has 0 saturated carbocycles. The third-order valence-corrected chi connectivity index (χ3v) is 4.60. The highest BCUT2D eigenvalue weighted by molar-refractivity contribution is 6.35. The van der Waals surface area contributed by atoms with E-state index in [9.17, 15) is 4.79 Å². The molecule has 1 heterocycles. The molecule has 2 aromatic rings. The standard InChI is InChI=1S/C18H19Cl2N3O/c1-13-4-2-3-5-17(13)21-18(24)23-8-6-22(7-9-23)16-11-14(19)10-15(20)12-16/h2-5,10-12H,6-9H2,1H3,(H,21,24). The summed E-state index contributed by atoms with van der Waals surface area (Å²) >= 11 is 12.1. The van der Waals surface area contributed by atoms with Crippen molar-refractivity contribution < 1.29 is 4.79 Å². The van der Waals surface area contributed by atoms with Gasteiger partial charge >= 0.3 is 6.03 Å². The van der Waals surface area contributed by atoms with Crippen LogP contribution in [0.2, 0.25) is 10.0 Å². The Labute approximate surface area is 152 Å². The zero-order valence-corrected chi connectivity index (χ0v) is 14.9. The summed E-state index contributed by atoms with van der Waals surface area (Å²) in [5, 5.41) is 4.22. The minimum atomic E-state index is -0.0620. The number of halogens is 2. The number of nitrogens with one attached hydrogen (secondary N) is 1. The number of hydrogen-bond donors (Lipinski definition) is 1. The number of carbonyl (C=O) groups is 1. The highest BCUT2D eigenvalue weighted by Crippen LogP contribution is 2.26. The van der Waals surface area contributed by atoms with Gasteiger partial charge in [0, 0.05) is 47.6 Å². The van der Waals surface area contributed by atoms with Gasteiger partial charge in [-0.15, -0.1) is 0 Å². The van der Waals surface area contributed by atoms with Crippen molar-refractivity contribution in [1.82, 2.24) is 4.90 Å². The SMILES string of the molecule is Cc1ccccc1NC(=O)N1CCN(c2cc(Cl)cc(Cl)c2)CC1. The van der Waals surface area contributed by atoms with E-state index in [0.29, 0.717) is 23.1 Å². The molecule has 1 aliphatic heterocycles. The second-order valence-electron chi connectivity index (χ2n) is 5.85. The molecule has 24 heavy (non-hydrogen) atoms. The van der Waals surface area contributed by atoms with Crippen molar-refractivity contribution in [3.63, 3.8) is 0 Å². The molecule has 0 bridgehead atoms. The predicted molar refractivity (Wildman–Crippen MR) is 100 cm³/mol. The van der Waals surface area contributed by atoms with Crippen molar-refractivity contribution in [1.29, 1.82) is 0 Å². The van der Waals surface area contributed by atoms with Gasteiger partial charge in [0.1, 0.15) is 0 Å². The molecule has 1 N–H and O–H groups in total. The molecule has 1 fully saturated rings. The molecule has 6 heteroatoms. The number of rotatable bonds is 2. The lowest BCUT2D eigenvalue weighted by atomic mass is 10.2. The van der Waals surface area contributed by atoms with Crippen molar-refractivity contribution in [2.75, 3.05) is 36.4 Å². The molecular weight excluding hydrogens is 345 g/mol. The van der Waals surface area contributed by atoms with Crippen LogP contribution in [0.25, 0.3) is 0 Å². The average Bonchev–Trinajstić information content (AvgIpc) is 2.56. The van der Waals surface area contributed by atoms with Crippen LogP contribution in [0.1, 0.15) is 5.56 Å². The smallest absolute Gasteiger partial charge is 0.321 e. The van der Waals surface area contributed by atoms with Crippen molar-refractivity contribution in [3.8, 4) is 0 Å². The van der Waals surface area contributed by atoms with Crippen LogP contribution in [0, 0.1) is 6.92 Å². The van der Waals surface area contributed by atoms with Crippen LogP contribution in [-0.4, -0.2) is 37.1 Å². The van der Waals surface area contributed by atoms with Crippen LogP contribution in [-0.2, 0) is 0 Å². The first kappa shape index (κ1) is 16.9. The van der Waals surface area contributed by atoms with Crippen molar-refractivity contribution in [2.24, 2.45) is 0 Å². The summed E-state index contributed by atoms with van der Waals surface area (Å²) in [4.78, 5) is 16.4. The minimum absolute atomic E-state index is 0.0620. The third kappa shape index (κ3) is 3.94. The maximum atomic E-state index is 12.4. The summed E-state index contributed by atoms with van der Waals surface area (Å²) < 4.78 is 0. The number of urea groups is 1. The lowest BCUT2D eigenvalue weighted by Gasteiger charge is -2.36. The number of amides is 2. The first-order valence-electron chi connectivity index (χ1n) is 7.85. The first-order valence-corrected chi connectivity index (χ1v) is 8.61. The molecule has 0 radical (unpaired) electrons. The molecule has 1 aliphatic rings. The Morgan fingerprint density at radius 3 is 2.25 bits per heavy atom. The molecule has 1 saturated heterocycles. The van der Waals surface area contributed by atoms with Crippen LogP contribution < -0.4 is 10.2 Å². The van der Waals surface area contributed by atoms with Gasteiger partial charge in [0.2, 0.25) is 0 Å². The first-order chi connectivity index (χ1) is 11.5. The largest absolute Gasteiger partial charge is 0.368 e. The van der Waals surface area contributed by atoms with Crippen molar-refractivity contribution in [2.45, 2.75) is 6.92 Å². The molecule has 0 aliphatic carbocycles. The van der Waals surface area contributed by atoms with E-state index < -0.39 is 0 Å². The fourth-order valence-electron chi connectivity index (χ4n) is 2.80. The van der Waals surface area contributed by atoms with Gasteiger partial charge in [-0.3, -0.25) is 0 Å². The van der Waals surface area contributed by atoms with E-state index in [-0.39, 0.29) is 6.03 Å². The molecule has 2 aromatic carbocycles. The monoisotopic (exact) mass is 363 g/mol. The van der Waals surface area contributed by atoms with E-state index >= 15 is 0 Å². The zero-order valence-electron chi connectivity index (χ0n) is 13.4. The van der Waals surface area contributed by atoms with Crippen LogP contribution in [0.5, 0.6) is 0 Å². The minimum Gasteiger partial charge on any atom is -0.368 e. The van der Waals surface area contributed by atoms with Gasteiger partial charge in [-0.1, -0.05) is 41.4 Å². The van der Waals surface area contributed by atoms with Gasteiger partial charge in [-0.25, -0.2) is 4.79 Å². The van der Waals surface area contributed by atoms with Gasteiger partial charge in [-0.2, -0.15) is 0 Å². The number of hydrogen-bond acceptors (Lipinski definition) is 2. The van der Waals surface area contributed by atoms with E-state index in [0.717, 1.165) is 30.0 Å². The topological polar surface area (TPSA) is 35.6 Å². The Morgan fingerprint density at radius 1 is 1.00 bits per heavy atom. The number of nitrogens with zero attached hydrogens (tertiary/aromatic N) is 2. The van der Waals surface area contributed by atoms with E-state index in [2.05, 4.69) is 10.2 Å². The highest BCUT2D eigenvalue weighted by atomic mass is 35.5. The molecule has 0 aromatic heterocycles. The Hall–Kier alpha value is -1.91. The van der Waals surface area contributed by atoms with Gasteiger partial charge < -0.3 is 15.1 Å². The lowest BCUT2D eigenvalue weighted by Crippen LogP contribution is -2.50. The zero-order chi connectivity index (χ0) is 17.1. The van der Waals surface area contributed by atoms with E-state index in [1.807, 2.05) is 48.2 Å². The number of para-hydroxylation sites is 1. The average molecular weight is 364 g/mol. The summed E-state index contributed by atoms with van der Waals surface area (Å²) in [6, 6.07) is 13.2. The van der Waals surface area contributed by atoms with Gasteiger partial charge in [0.25, 0.3) is 0 Å². The maximum Gasteiger partial charge on any atom is 0.321 e. The molecule has 2 amide bonds. The molecule has 0 atom stereocenters. The molecule has 0 unspecified atom stereocenters. The Bertz CT molecular complexity index is 723. The summed E-state index contributed by atoms with van der Waals surface area (Å²) in [5.41, 5.74) is 2.90.